The van der Waals surface area contributed by atoms with Gasteiger partial charge in [-0.25, -0.2) is 2.92 Å². The van der Waals surface area contributed by atoms with Gasteiger partial charge in [-0.1, -0.05) is 19.8 Å². The maximum atomic E-state index is 4.03. The fraction of sp³-hybridized carbons (Fsp3) is 1.00. The summed E-state index contributed by atoms with van der Waals surface area (Å²) in [5.74, 6) is 0. The summed E-state index contributed by atoms with van der Waals surface area (Å²) in [4.78, 5) is 0. The predicted octanol–water partition coefficient (Wildman–Crippen LogP) is 3.12. The quantitative estimate of drug-likeness (QED) is 0.312. The molecule has 0 aliphatic heterocycles. The fourth-order valence-corrected chi connectivity index (χ4v) is 2.27. The molecule has 0 aliphatic carbocycles. The number of rotatable bonds is 4. The van der Waals surface area contributed by atoms with E-state index < -0.39 is 0 Å². The summed E-state index contributed by atoms with van der Waals surface area (Å²) in [6.07, 6.45) is 4.11. The first-order chi connectivity index (χ1) is 3.91. The number of alkyl halides is 1. The Hall–Kier alpha value is 0.960. The van der Waals surface area contributed by atoms with Crippen LogP contribution in [0.4, 0.5) is 0 Å². The lowest BCUT2D eigenvalue weighted by atomic mass is 10.3. The van der Waals surface area contributed by atoms with Crippen LogP contribution in [-0.2, 0) is 0 Å². The van der Waals surface area contributed by atoms with Crippen molar-refractivity contribution in [1.29, 1.82) is 0 Å². The Bertz CT molecular complexity index is 65.4. The highest BCUT2D eigenvalue weighted by atomic mass is 127. The Morgan fingerprint density at radius 2 is 2.25 bits per heavy atom. The summed E-state index contributed by atoms with van der Waals surface area (Å²) >= 11 is 0.203. The molecule has 3 heteroatoms. The molecule has 0 aliphatic rings. The van der Waals surface area contributed by atoms with E-state index in [4.69, 9.17) is 0 Å². The largest absolute Gasteiger partial charge is 0.247 e. The van der Waals surface area contributed by atoms with Gasteiger partial charge in [0.05, 0.1) is 0 Å². The number of hydrogen-bond acceptors (Lipinski definition) is 1. The zero-order chi connectivity index (χ0) is 6.24. The third kappa shape index (κ3) is 6.96. The van der Waals surface area contributed by atoms with Gasteiger partial charge in [0.2, 0.25) is 0 Å². The molecule has 0 saturated heterocycles. The van der Waals surface area contributed by atoms with Crippen molar-refractivity contribution in [2.24, 2.45) is 2.92 Å². The van der Waals surface area contributed by atoms with Gasteiger partial charge < -0.3 is 0 Å². The van der Waals surface area contributed by atoms with Gasteiger partial charge in [0.15, 0.2) is 0 Å². The van der Waals surface area contributed by atoms with Crippen molar-refractivity contribution in [3.63, 3.8) is 0 Å². The van der Waals surface area contributed by atoms with Gasteiger partial charge in [0.25, 0.3) is 0 Å². The van der Waals surface area contributed by atoms with Gasteiger partial charge in [-0.05, 0) is 36.8 Å². The average molecular weight is 245 g/mol. The summed E-state index contributed by atoms with van der Waals surface area (Å²) in [6.45, 7) is 2.23. The summed E-state index contributed by atoms with van der Waals surface area (Å²) in [7, 11) is 2.44. The molecule has 0 aromatic heterocycles. The lowest BCUT2D eigenvalue weighted by molar-refractivity contribution is 0.785. The second kappa shape index (κ2) is 7.96. The van der Waals surface area contributed by atoms with E-state index in [2.05, 4.69) is 19.2 Å². The summed E-state index contributed by atoms with van der Waals surface area (Å²) in [6, 6.07) is 0. The summed E-state index contributed by atoms with van der Waals surface area (Å²) in [5, 5.41) is 0. The Morgan fingerprint density at radius 3 is 2.75 bits per heavy atom. The van der Waals surface area contributed by atoms with Gasteiger partial charge in [-0.3, -0.25) is 0 Å². The van der Waals surface area contributed by atoms with Crippen LogP contribution in [0.2, 0.25) is 0 Å². The minimum atomic E-state index is 0.203. The van der Waals surface area contributed by atoms with Gasteiger partial charge in [-0.15, -0.1) is 0 Å². The first kappa shape index (κ1) is 8.96. The second-order valence-corrected chi connectivity index (χ2v) is 5.24. The molecule has 0 heterocycles. The van der Waals surface area contributed by atoms with Gasteiger partial charge in [0.1, 0.15) is 0 Å². The van der Waals surface area contributed by atoms with Gasteiger partial charge in [0, 0.05) is 4.43 Å². The standard InChI is InChI=1S/C5H13INP/c1-2-3-4-5-6-7-8/h2-5,8H2,1H3. The van der Waals surface area contributed by atoms with Crippen LogP contribution in [-0.4, -0.2) is 4.43 Å². The molecular formula is C5H13INP. The lowest BCUT2D eigenvalue weighted by Crippen LogP contribution is -1.71. The van der Waals surface area contributed by atoms with Crippen molar-refractivity contribution >= 4 is 30.4 Å². The van der Waals surface area contributed by atoms with Crippen molar-refractivity contribution < 1.29 is 0 Å². The average Bonchev–Trinajstić information content (AvgIpc) is 1.81. The molecule has 0 fully saturated rings. The molecule has 0 amide bonds. The Balaban J connectivity index is 2.72. The molecule has 8 heavy (non-hydrogen) atoms. The SMILES string of the molecule is CCCCCI=NP. The van der Waals surface area contributed by atoms with Crippen molar-refractivity contribution in [2.75, 3.05) is 4.43 Å². The van der Waals surface area contributed by atoms with Crippen molar-refractivity contribution in [1.82, 2.24) is 0 Å². The van der Waals surface area contributed by atoms with Crippen molar-refractivity contribution in [3.8, 4) is 0 Å². The topological polar surface area (TPSA) is 12.4 Å². The van der Waals surface area contributed by atoms with Crippen LogP contribution in [0.1, 0.15) is 26.2 Å². The van der Waals surface area contributed by atoms with Crippen LogP contribution in [0.15, 0.2) is 2.92 Å². The second-order valence-electron chi connectivity index (χ2n) is 1.61. The first-order valence-electron chi connectivity index (χ1n) is 2.90. The number of halogens is 1. The number of nitrogens with zero attached hydrogens (tertiary/aromatic N) is 1. The minimum Gasteiger partial charge on any atom is -0.247 e. The normalized spacial score (nSPS) is 11.8. The van der Waals surface area contributed by atoms with E-state index in [1.165, 1.54) is 23.7 Å². The van der Waals surface area contributed by atoms with E-state index in [-0.39, 0.29) is 21.0 Å². The van der Waals surface area contributed by atoms with Crippen LogP contribution in [0.5, 0.6) is 0 Å². The molecule has 0 aromatic rings. The predicted molar refractivity (Wildman–Crippen MR) is 50.6 cm³/mol. The highest BCUT2D eigenvalue weighted by Crippen LogP contribution is 2.08. The molecule has 1 nitrogen and oxygen atoms in total. The van der Waals surface area contributed by atoms with Gasteiger partial charge >= 0.3 is 0 Å². The van der Waals surface area contributed by atoms with Gasteiger partial charge in [-0.2, -0.15) is 0 Å². The molecule has 0 saturated carbocycles. The first-order valence-corrected chi connectivity index (χ1v) is 5.91. The third-order valence-corrected chi connectivity index (χ3v) is 3.46. The molecular weight excluding hydrogens is 232 g/mol. The minimum absolute atomic E-state index is 0.203. The molecule has 0 bridgehead atoms. The molecule has 0 rings (SSSR count). The summed E-state index contributed by atoms with van der Waals surface area (Å²) in [5.41, 5.74) is 0. The van der Waals surface area contributed by atoms with Crippen LogP contribution in [0.3, 0.4) is 0 Å². The van der Waals surface area contributed by atoms with E-state index in [0.717, 1.165) is 0 Å². The van der Waals surface area contributed by atoms with E-state index in [1.54, 1.807) is 0 Å². The zero-order valence-electron chi connectivity index (χ0n) is 5.23. The molecule has 50 valence electrons. The Kier molecular flexibility index (Phi) is 8.92. The van der Waals surface area contributed by atoms with E-state index in [1.807, 2.05) is 0 Å². The van der Waals surface area contributed by atoms with Crippen LogP contribution in [0, 0.1) is 0 Å². The maximum absolute atomic E-state index is 4.03. The van der Waals surface area contributed by atoms with Crippen LogP contribution >= 0.6 is 30.4 Å². The smallest absolute Gasteiger partial charge is 0.0115 e. The van der Waals surface area contributed by atoms with Crippen LogP contribution in [0.25, 0.3) is 0 Å². The third-order valence-electron chi connectivity index (χ3n) is 0.891. The maximum Gasteiger partial charge on any atom is 0.0115 e. The number of hydrogen-bond donors (Lipinski definition) is 0. The van der Waals surface area contributed by atoms with Crippen LogP contribution < -0.4 is 0 Å². The van der Waals surface area contributed by atoms with E-state index >= 15 is 0 Å². The zero-order valence-corrected chi connectivity index (χ0v) is 8.54. The highest BCUT2D eigenvalue weighted by Gasteiger charge is 1.80. The van der Waals surface area contributed by atoms with Crippen molar-refractivity contribution in [3.05, 3.63) is 0 Å². The summed E-state index contributed by atoms with van der Waals surface area (Å²) < 4.78 is 5.41. The molecule has 0 spiro atoms. The number of unbranched alkanes of at least 4 members (excludes halogenated alkanes) is 2. The molecule has 1 unspecified atom stereocenters. The van der Waals surface area contributed by atoms with E-state index in [0.29, 0.717) is 0 Å². The Labute approximate surface area is 64.0 Å². The molecule has 0 N–H and O–H groups in total. The highest BCUT2D eigenvalue weighted by molar-refractivity contribution is 14.2. The molecule has 1 atom stereocenters. The lowest BCUT2D eigenvalue weighted by Gasteiger charge is -1.87. The fourth-order valence-electron chi connectivity index (χ4n) is 0.453. The van der Waals surface area contributed by atoms with E-state index in [9.17, 15) is 0 Å². The van der Waals surface area contributed by atoms with Crippen molar-refractivity contribution in [2.45, 2.75) is 26.2 Å². The molecule has 0 radical (unpaired) electrons. The molecule has 0 aromatic carbocycles. The monoisotopic (exact) mass is 245 g/mol. The Morgan fingerprint density at radius 1 is 1.50 bits per heavy atom.